The second-order valence-corrected chi connectivity index (χ2v) is 8.02. The summed E-state index contributed by atoms with van der Waals surface area (Å²) in [6, 6.07) is 13.5. The summed E-state index contributed by atoms with van der Waals surface area (Å²) in [5, 5.41) is 2.89. The first-order valence-corrected chi connectivity index (χ1v) is 11.5. The molecule has 1 heterocycles. The fourth-order valence-electron chi connectivity index (χ4n) is 3.67. The second kappa shape index (κ2) is 9.80. The van der Waals surface area contributed by atoms with Gasteiger partial charge in [-0.2, -0.15) is 11.8 Å². The Labute approximate surface area is 181 Å². The molecule has 158 valence electrons. The molecule has 2 aromatic carbocycles. The Hall–Kier alpha value is -2.80. The molecule has 0 radical (unpaired) electrons. The van der Waals surface area contributed by atoms with Gasteiger partial charge in [0, 0.05) is 24.5 Å². The van der Waals surface area contributed by atoms with Gasteiger partial charge in [0.1, 0.15) is 6.04 Å². The predicted octanol–water partition coefficient (Wildman–Crippen LogP) is 3.89. The molecule has 0 aromatic heterocycles. The van der Waals surface area contributed by atoms with Crippen LogP contribution in [0.5, 0.6) is 0 Å². The molecule has 2 aromatic rings. The molecule has 0 saturated heterocycles. The lowest BCUT2D eigenvalue weighted by Crippen LogP contribution is -2.47. The van der Waals surface area contributed by atoms with Gasteiger partial charge in [-0.3, -0.25) is 19.3 Å². The monoisotopic (exact) mass is 425 g/mol. The number of nitrogens with one attached hydrogen (secondary N) is 1. The molecule has 7 heteroatoms. The van der Waals surface area contributed by atoms with Crippen molar-refractivity contribution in [3.63, 3.8) is 0 Å². The van der Waals surface area contributed by atoms with Crippen LogP contribution < -0.4 is 10.2 Å². The van der Waals surface area contributed by atoms with Crippen LogP contribution in [-0.2, 0) is 4.79 Å². The van der Waals surface area contributed by atoms with Crippen molar-refractivity contribution in [1.29, 1.82) is 0 Å². The van der Waals surface area contributed by atoms with Crippen molar-refractivity contribution >= 4 is 40.9 Å². The van der Waals surface area contributed by atoms with Gasteiger partial charge >= 0.3 is 0 Å². The van der Waals surface area contributed by atoms with Gasteiger partial charge in [0.2, 0.25) is 5.91 Å². The normalized spacial score (nSPS) is 13.9. The lowest BCUT2D eigenvalue weighted by Gasteiger charge is -2.25. The SMILES string of the molecule is CCN(CC)c1ccc(NC(=O)C(CCSC)N2C(=O)c3ccccc3C2=O)cc1. The minimum atomic E-state index is -0.854. The average Bonchev–Trinajstić information content (AvgIpc) is 3.01. The number of carbonyl (C=O) groups excluding carboxylic acids is 3. The third-order valence-electron chi connectivity index (χ3n) is 5.30. The third-order valence-corrected chi connectivity index (χ3v) is 5.94. The topological polar surface area (TPSA) is 69.7 Å². The molecular weight excluding hydrogens is 398 g/mol. The van der Waals surface area contributed by atoms with Crippen LogP contribution in [0.2, 0.25) is 0 Å². The molecule has 0 bridgehead atoms. The summed E-state index contributed by atoms with van der Waals surface area (Å²) >= 11 is 1.57. The van der Waals surface area contributed by atoms with Crippen LogP contribution in [0.3, 0.4) is 0 Å². The zero-order chi connectivity index (χ0) is 21.7. The molecule has 1 unspecified atom stereocenters. The van der Waals surface area contributed by atoms with E-state index in [0.29, 0.717) is 29.0 Å². The molecule has 1 atom stereocenters. The van der Waals surface area contributed by atoms with E-state index in [-0.39, 0.29) is 5.91 Å². The van der Waals surface area contributed by atoms with E-state index in [4.69, 9.17) is 0 Å². The number of amides is 3. The minimum absolute atomic E-state index is 0.353. The van der Waals surface area contributed by atoms with E-state index in [0.717, 1.165) is 23.7 Å². The summed E-state index contributed by atoms with van der Waals surface area (Å²) < 4.78 is 0. The first kappa shape index (κ1) is 21.9. The Balaban J connectivity index is 1.80. The van der Waals surface area contributed by atoms with E-state index >= 15 is 0 Å². The number of anilines is 2. The van der Waals surface area contributed by atoms with E-state index < -0.39 is 17.9 Å². The van der Waals surface area contributed by atoms with Gasteiger partial charge in [-0.05, 0) is 68.7 Å². The minimum Gasteiger partial charge on any atom is -0.372 e. The van der Waals surface area contributed by atoms with Crippen molar-refractivity contribution in [2.45, 2.75) is 26.3 Å². The van der Waals surface area contributed by atoms with Crippen LogP contribution in [0.4, 0.5) is 11.4 Å². The van der Waals surface area contributed by atoms with Gasteiger partial charge in [-0.15, -0.1) is 0 Å². The summed E-state index contributed by atoms with van der Waals surface area (Å²) in [5.74, 6) is -0.511. The lowest BCUT2D eigenvalue weighted by molar-refractivity contribution is -0.120. The van der Waals surface area contributed by atoms with Crippen LogP contribution in [0, 0.1) is 0 Å². The maximum atomic E-state index is 13.1. The Morgan fingerprint density at radius 3 is 2.07 bits per heavy atom. The maximum absolute atomic E-state index is 13.1. The Bertz CT molecular complexity index is 891. The van der Waals surface area contributed by atoms with Gasteiger partial charge in [0.15, 0.2) is 0 Å². The van der Waals surface area contributed by atoms with Crippen LogP contribution in [-0.4, -0.2) is 53.8 Å². The number of imide groups is 1. The Kier molecular flexibility index (Phi) is 7.15. The molecular formula is C23H27N3O3S. The largest absolute Gasteiger partial charge is 0.372 e. The number of fused-ring (bicyclic) bond motifs is 1. The van der Waals surface area contributed by atoms with Crippen molar-refractivity contribution in [2.75, 3.05) is 35.3 Å². The quantitative estimate of drug-likeness (QED) is 0.617. The summed E-state index contributed by atoms with van der Waals surface area (Å²) in [7, 11) is 0. The van der Waals surface area contributed by atoms with Crippen molar-refractivity contribution in [3.8, 4) is 0 Å². The molecule has 3 rings (SSSR count). The van der Waals surface area contributed by atoms with Crippen LogP contribution in [0.1, 0.15) is 41.0 Å². The van der Waals surface area contributed by atoms with Crippen LogP contribution in [0.25, 0.3) is 0 Å². The fraction of sp³-hybridized carbons (Fsp3) is 0.348. The summed E-state index contributed by atoms with van der Waals surface area (Å²) in [6.45, 7) is 5.99. The first-order chi connectivity index (χ1) is 14.5. The third kappa shape index (κ3) is 4.36. The molecule has 0 aliphatic carbocycles. The van der Waals surface area contributed by atoms with Crippen molar-refractivity contribution in [3.05, 3.63) is 59.7 Å². The fourth-order valence-corrected chi connectivity index (χ4v) is 4.13. The highest BCUT2D eigenvalue weighted by atomic mass is 32.2. The predicted molar refractivity (Wildman–Crippen MR) is 122 cm³/mol. The van der Waals surface area contributed by atoms with E-state index in [2.05, 4.69) is 24.1 Å². The van der Waals surface area contributed by atoms with Crippen molar-refractivity contribution < 1.29 is 14.4 Å². The zero-order valence-corrected chi connectivity index (χ0v) is 18.4. The Morgan fingerprint density at radius 2 is 1.57 bits per heavy atom. The Morgan fingerprint density at radius 1 is 1.00 bits per heavy atom. The number of hydrogen-bond acceptors (Lipinski definition) is 5. The molecule has 30 heavy (non-hydrogen) atoms. The summed E-state index contributed by atoms with van der Waals surface area (Å²) in [4.78, 5) is 42.2. The smallest absolute Gasteiger partial charge is 0.262 e. The van der Waals surface area contributed by atoms with Gasteiger partial charge < -0.3 is 10.2 Å². The van der Waals surface area contributed by atoms with Crippen LogP contribution in [0.15, 0.2) is 48.5 Å². The molecule has 3 amide bonds. The zero-order valence-electron chi connectivity index (χ0n) is 17.6. The number of benzene rings is 2. The summed E-state index contributed by atoms with van der Waals surface area (Å²) in [5.41, 5.74) is 2.43. The number of rotatable bonds is 9. The van der Waals surface area contributed by atoms with E-state index in [1.807, 2.05) is 30.5 Å². The standard InChI is InChI=1S/C23H27N3O3S/c1-4-25(5-2)17-12-10-16(11-13-17)24-21(27)20(14-15-30-3)26-22(28)18-8-6-7-9-19(18)23(26)29/h6-13,20H,4-5,14-15H2,1-3H3,(H,24,27). The molecule has 1 aliphatic rings. The average molecular weight is 426 g/mol. The molecule has 1 N–H and O–H groups in total. The molecule has 1 aliphatic heterocycles. The van der Waals surface area contributed by atoms with Crippen molar-refractivity contribution in [2.24, 2.45) is 0 Å². The number of thioether (sulfide) groups is 1. The van der Waals surface area contributed by atoms with Gasteiger partial charge in [0.05, 0.1) is 11.1 Å². The highest BCUT2D eigenvalue weighted by Gasteiger charge is 2.42. The lowest BCUT2D eigenvalue weighted by atomic mass is 10.1. The molecule has 0 fully saturated rings. The summed E-state index contributed by atoms with van der Waals surface area (Å²) in [6.07, 6.45) is 2.33. The highest BCUT2D eigenvalue weighted by Crippen LogP contribution is 2.27. The number of carbonyl (C=O) groups is 3. The molecule has 6 nitrogen and oxygen atoms in total. The highest BCUT2D eigenvalue weighted by molar-refractivity contribution is 7.98. The molecule has 0 spiro atoms. The van der Waals surface area contributed by atoms with E-state index in [9.17, 15) is 14.4 Å². The number of hydrogen-bond donors (Lipinski definition) is 1. The van der Waals surface area contributed by atoms with Gasteiger partial charge in [0.25, 0.3) is 11.8 Å². The maximum Gasteiger partial charge on any atom is 0.262 e. The molecule has 0 saturated carbocycles. The first-order valence-electron chi connectivity index (χ1n) is 10.1. The van der Waals surface area contributed by atoms with Gasteiger partial charge in [-0.1, -0.05) is 12.1 Å². The van der Waals surface area contributed by atoms with Crippen molar-refractivity contribution in [1.82, 2.24) is 4.90 Å². The van der Waals surface area contributed by atoms with Gasteiger partial charge in [-0.25, -0.2) is 0 Å². The number of nitrogens with zero attached hydrogens (tertiary/aromatic N) is 2. The second-order valence-electron chi connectivity index (χ2n) is 7.03. The van der Waals surface area contributed by atoms with E-state index in [1.54, 1.807) is 36.0 Å². The van der Waals surface area contributed by atoms with Crippen LogP contribution >= 0.6 is 11.8 Å². The van der Waals surface area contributed by atoms with E-state index in [1.165, 1.54) is 0 Å².